The van der Waals surface area contributed by atoms with Crippen LogP contribution >= 0.6 is 0 Å². The first-order valence-electron chi connectivity index (χ1n) is 8.29. The highest BCUT2D eigenvalue weighted by molar-refractivity contribution is 6.01. The van der Waals surface area contributed by atoms with Crippen LogP contribution in [-0.4, -0.2) is 13.0 Å². The van der Waals surface area contributed by atoms with Crippen molar-refractivity contribution in [2.24, 2.45) is 5.73 Å². The lowest BCUT2D eigenvalue weighted by molar-refractivity contribution is 0.100. The van der Waals surface area contributed by atoms with E-state index in [1.165, 1.54) is 5.56 Å². The van der Waals surface area contributed by atoms with Crippen molar-refractivity contribution < 1.29 is 9.53 Å². The molecule has 0 heterocycles. The first-order valence-corrected chi connectivity index (χ1v) is 8.29. The molecule has 1 amide bonds. The van der Waals surface area contributed by atoms with E-state index in [0.29, 0.717) is 5.56 Å². The predicted molar refractivity (Wildman–Crippen MR) is 101 cm³/mol. The van der Waals surface area contributed by atoms with E-state index in [4.69, 9.17) is 10.5 Å². The average molecular weight is 331 g/mol. The molecule has 0 bridgehead atoms. The van der Waals surface area contributed by atoms with Gasteiger partial charge in [0.25, 0.3) is 0 Å². The number of primary amides is 1. The second-order valence-electron chi connectivity index (χ2n) is 5.88. The lowest BCUT2D eigenvalue weighted by atomic mass is 9.90. The number of hydrogen-bond donors (Lipinski definition) is 1. The Morgan fingerprint density at radius 3 is 2.12 bits per heavy atom. The molecule has 3 rings (SSSR count). The minimum atomic E-state index is -0.428. The van der Waals surface area contributed by atoms with Gasteiger partial charge in [-0.1, -0.05) is 60.7 Å². The monoisotopic (exact) mass is 331 g/mol. The minimum absolute atomic E-state index is 0.428. The van der Waals surface area contributed by atoms with Gasteiger partial charge < -0.3 is 10.5 Å². The number of carbonyl (C=O) groups excluding carboxylic acids is 1. The zero-order valence-corrected chi connectivity index (χ0v) is 14.2. The van der Waals surface area contributed by atoms with Gasteiger partial charge >= 0.3 is 0 Å². The molecule has 3 aromatic carbocycles. The number of nitrogens with two attached hydrogens (primary N) is 1. The van der Waals surface area contributed by atoms with E-state index in [-0.39, 0.29) is 0 Å². The Bertz CT molecular complexity index is 858. The van der Waals surface area contributed by atoms with Crippen LogP contribution in [0.5, 0.6) is 5.75 Å². The molecule has 2 N–H and O–H groups in total. The highest BCUT2D eigenvalue weighted by Crippen LogP contribution is 2.35. The molecule has 0 aliphatic rings. The summed E-state index contributed by atoms with van der Waals surface area (Å²) >= 11 is 0. The molecule has 126 valence electrons. The van der Waals surface area contributed by atoms with E-state index in [9.17, 15) is 4.79 Å². The van der Waals surface area contributed by atoms with Crippen molar-refractivity contribution >= 4 is 5.91 Å². The molecule has 25 heavy (non-hydrogen) atoms. The molecule has 0 saturated carbocycles. The fourth-order valence-corrected chi connectivity index (χ4v) is 3.12. The quantitative estimate of drug-likeness (QED) is 0.734. The standard InChI is InChI=1S/C22H21NO2/c1-25-20-15-14-19(22(23)24)21(17-10-6-3-7-11-17)18(20)13-12-16-8-4-2-5-9-16/h2-11,14-15H,12-13H2,1H3,(H2,23,24). The zero-order chi connectivity index (χ0) is 17.6. The van der Waals surface area contributed by atoms with Crippen molar-refractivity contribution in [3.05, 3.63) is 89.5 Å². The maximum atomic E-state index is 12.0. The maximum absolute atomic E-state index is 12.0. The van der Waals surface area contributed by atoms with E-state index in [0.717, 1.165) is 35.3 Å². The zero-order valence-electron chi connectivity index (χ0n) is 14.2. The third-order valence-electron chi connectivity index (χ3n) is 4.32. The highest BCUT2D eigenvalue weighted by Gasteiger charge is 2.18. The van der Waals surface area contributed by atoms with Crippen molar-refractivity contribution in [2.45, 2.75) is 12.8 Å². The summed E-state index contributed by atoms with van der Waals surface area (Å²) < 4.78 is 5.58. The van der Waals surface area contributed by atoms with Crippen molar-refractivity contribution in [1.82, 2.24) is 0 Å². The largest absolute Gasteiger partial charge is 0.496 e. The van der Waals surface area contributed by atoms with Crippen LogP contribution in [0.4, 0.5) is 0 Å². The Kier molecular flexibility index (Phi) is 5.14. The van der Waals surface area contributed by atoms with Crippen molar-refractivity contribution in [2.75, 3.05) is 7.11 Å². The highest BCUT2D eigenvalue weighted by atomic mass is 16.5. The number of ether oxygens (including phenoxy) is 1. The molecule has 0 aliphatic heterocycles. The average Bonchev–Trinajstić information content (AvgIpc) is 2.67. The molecule has 0 aromatic heterocycles. The first-order chi connectivity index (χ1) is 12.2. The number of aryl methyl sites for hydroxylation is 1. The van der Waals surface area contributed by atoms with E-state index in [1.54, 1.807) is 13.2 Å². The number of hydrogen-bond acceptors (Lipinski definition) is 2. The van der Waals surface area contributed by atoms with Gasteiger partial charge in [0, 0.05) is 16.7 Å². The van der Waals surface area contributed by atoms with Gasteiger partial charge in [0.2, 0.25) is 5.91 Å². The second kappa shape index (κ2) is 7.67. The number of benzene rings is 3. The molecule has 0 saturated heterocycles. The van der Waals surface area contributed by atoms with Gasteiger partial charge in [-0.2, -0.15) is 0 Å². The molecule has 3 nitrogen and oxygen atoms in total. The fraction of sp³-hybridized carbons (Fsp3) is 0.136. The molecular weight excluding hydrogens is 310 g/mol. The van der Waals surface area contributed by atoms with Crippen LogP contribution < -0.4 is 10.5 Å². The molecule has 0 aliphatic carbocycles. The lowest BCUT2D eigenvalue weighted by Crippen LogP contribution is -2.14. The number of methoxy groups -OCH3 is 1. The minimum Gasteiger partial charge on any atom is -0.496 e. The Morgan fingerprint density at radius 1 is 0.880 bits per heavy atom. The van der Waals surface area contributed by atoms with E-state index in [2.05, 4.69) is 12.1 Å². The van der Waals surface area contributed by atoms with Gasteiger partial charge in [-0.15, -0.1) is 0 Å². The predicted octanol–water partition coefficient (Wildman–Crippen LogP) is 4.25. The molecule has 0 spiro atoms. The lowest BCUT2D eigenvalue weighted by Gasteiger charge is -2.17. The van der Waals surface area contributed by atoms with Gasteiger partial charge in [-0.25, -0.2) is 0 Å². The van der Waals surface area contributed by atoms with Crippen LogP contribution in [0.15, 0.2) is 72.8 Å². The summed E-state index contributed by atoms with van der Waals surface area (Å²) in [7, 11) is 1.65. The molecule has 0 unspecified atom stereocenters. The third kappa shape index (κ3) is 3.72. The smallest absolute Gasteiger partial charge is 0.249 e. The van der Waals surface area contributed by atoms with Gasteiger partial charge in [0.15, 0.2) is 0 Å². The number of amides is 1. The summed E-state index contributed by atoms with van der Waals surface area (Å²) in [5.74, 6) is 0.349. The van der Waals surface area contributed by atoms with Gasteiger partial charge in [-0.3, -0.25) is 4.79 Å². The van der Waals surface area contributed by atoms with Crippen LogP contribution in [-0.2, 0) is 12.8 Å². The maximum Gasteiger partial charge on any atom is 0.249 e. The molecule has 3 heteroatoms. The second-order valence-corrected chi connectivity index (χ2v) is 5.88. The van der Waals surface area contributed by atoms with Crippen molar-refractivity contribution in [3.63, 3.8) is 0 Å². The molecule has 0 radical (unpaired) electrons. The molecule has 3 aromatic rings. The van der Waals surface area contributed by atoms with Gasteiger partial charge in [-0.05, 0) is 36.1 Å². The summed E-state index contributed by atoms with van der Waals surface area (Å²) in [6.07, 6.45) is 1.62. The first kappa shape index (κ1) is 16.8. The molecule has 0 fully saturated rings. The van der Waals surface area contributed by atoms with Gasteiger partial charge in [0.05, 0.1) is 7.11 Å². The Hall–Kier alpha value is -3.07. The summed E-state index contributed by atoms with van der Waals surface area (Å²) in [5.41, 5.74) is 10.2. The van der Waals surface area contributed by atoms with E-state index in [1.807, 2.05) is 54.6 Å². The Morgan fingerprint density at radius 2 is 1.52 bits per heavy atom. The normalized spacial score (nSPS) is 10.4. The Balaban J connectivity index is 2.10. The third-order valence-corrected chi connectivity index (χ3v) is 4.32. The van der Waals surface area contributed by atoms with Crippen LogP contribution in [0.2, 0.25) is 0 Å². The molecular formula is C22H21NO2. The summed E-state index contributed by atoms with van der Waals surface area (Å²) in [4.78, 5) is 12.0. The van der Waals surface area contributed by atoms with E-state index >= 15 is 0 Å². The van der Waals surface area contributed by atoms with Crippen LogP contribution in [0.1, 0.15) is 21.5 Å². The van der Waals surface area contributed by atoms with Gasteiger partial charge in [0.1, 0.15) is 5.75 Å². The van der Waals surface area contributed by atoms with Crippen LogP contribution in [0, 0.1) is 0 Å². The number of carbonyl (C=O) groups is 1. The van der Waals surface area contributed by atoms with Crippen molar-refractivity contribution in [1.29, 1.82) is 0 Å². The topological polar surface area (TPSA) is 52.3 Å². The summed E-state index contributed by atoms with van der Waals surface area (Å²) in [6.45, 7) is 0. The fourth-order valence-electron chi connectivity index (χ4n) is 3.12. The molecule has 0 atom stereocenters. The summed E-state index contributed by atoms with van der Waals surface area (Å²) in [5, 5.41) is 0. The Labute approximate surface area is 148 Å². The van der Waals surface area contributed by atoms with Crippen LogP contribution in [0.3, 0.4) is 0 Å². The van der Waals surface area contributed by atoms with E-state index < -0.39 is 5.91 Å². The van der Waals surface area contributed by atoms with Crippen molar-refractivity contribution in [3.8, 4) is 16.9 Å². The number of rotatable bonds is 6. The summed E-state index contributed by atoms with van der Waals surface area (Å²) in [6, 6.07) is 23.7. The SMILES string of the molecule is COc1ccc(C(N)=O)c(-c2ccccc2)c1CCc1ccccc1. The van der Waals surface area contributed by atoms with Crippen LogP contribution in [0.25, 0.3) is 11.1 Å².